The van der Waals surface area contributed by atoms with Crippen LogP contribution >= 0.6 is 11.3 Å². The fraction of sp³-hybridized carbons (Fsp3) is 0.440. The van der Waals surface area contributed by atoms with Gasteiger partial charge in [0.15, 0.2) is 0 Å². The lowest BCUT2D eigenvalue weighted by molar-refractivity contribution is -0.151. The fourth-order valence-corrected chi connectivity index (χ4v) is 5.81. The SMILES string of the molecule is CC1(C)C[C@@H](C(C)(O)c2ncc(-c3cccc(Nc4cc(C(F)F)ccn4)n3)s2)CC[C@@H]1C(=O)O. The number of aromatic nitrogens is 3. The van der Waals surface area contributed by atoms with Crippen LogP contribution in [0.4, 0.5) is 20.4 Å². The number of rotatable bonds is 7. The van der Waals surface area contributed by atoms with Crippen LogP contribution < -0.4 is 5.32 Å². The molecule has 35 heavy (non-hydrogen) atoms. The van der Waals surface area contributed by atoms with Crippen LogP contribution in [0.1, 0.15) is 57.0 Å². The van der Waals surface area contributed by atoms with E-state index in [0.717, 1.165) is 4.88 Å². The summed E-state index contributed by atoms with van der Waals surface area (Å²) in [6.07, 6.45) is 2.07. The van der Waals surface area contributed by atoms with Crippen molar-refractivity contribution in [1.82, 2.24) is 15.0 Å². The Labute approximate surface area is 206 Å². The van der Waals surface area contributed by atoms with Crippen LogP contribution in [0.15, 0.2) is 42.7 Å². The van der Waals surface area contributed by atoms with Crippen molar-refractivity contribution in [3.8, 4) is 10.6 Å². The van der Waals surface area contributed by atoms with Crippen LogP contribution in [-0.4, -0.2) is 31.1 Å². The van der Waals surface area contributed by atoms with E-state index in [0.29, 0.717) is 35.8 Å². The molecule has 3 aromatic rings. The Kier molecular flexibility index (Phi) is 6.88. The predicted octanol–water partition coefficient (Wildman–Crippen LogP) is 6.02. The van der Waals surface area contributed by atoms with Gasteiger partial charge in [0.1, 0.15) is 22.2 Å². The minimum Gasteiger partial charge on any atom is -0.481 e. The van der Waals surface area contributed by atoms with Gasteiger partial charge in [-0.05, 0) is 61.8 Å². The molecule has 3 heterocycles. The van der Waals surface area contributed by atoms with Crippen molar-refractivity contribution in [3.63, 3.8) is 0 Å². The van der Waals surface area contributed by atoms with Gasteiger partial charge in [-0.1, -0.05) is 19.9 Å². The number of hydrogen-bond acceptors (Lipinski definition) is 7. The molecule has 3 aromatic heterocycles. The van der Waals surface area contributed by atoms with E-state index in [1.165, 1.54) is 29.7 Å². The number of aliphatic hydroxyl groups is 1. The maximum Gasteiger partial charge on any atom is 0.307 e. The summed E-state index contributed by atoms with van der Waals surface area (Å²) < 4.78 is 26.0. The van der Waals surface area contributed by atoms with Gasteiger partial charge in [0.05, 0.1) is 16.5 Å². The van der Waals surface area contributed by atoms with Gasteiger partial charge in [-0.25, -0.2) is 23.7 Å². The first-order valence-corrected chi connectivity index (χ1v) is 12.2. The van der Waals surface area contributed by atoms with Crippen LogP contribution in [0, 0.1) is 17.3 Å². The molecule has 4 rings (SSSR count). The zero-order valence-electron chi connectivity index (χ0n) is 19.7. The van der Waals surface area contributed by atoms with Crippen molar-refractivity contribution in [2.75, 3.05) is 5.32 Å². The molecule has 1 aliphatic rings. The largest absolute Gasteiger partial charge is 0.481 e. The van der Waals surface area contributed by atoms with Gasteiger partial charge in [-0.3, -0.25) is 4.79 Å². The number of alkyl halides is 2. The van der Waals surface area contributed by atoms with Crippen LogP contribution in [0.3, 0.4) is 0 Å². The molecule has 1 aliphatic carbocycles. The van der Waals surface area contributed by atoms with E-state index >= 15 is 0 Å². The molecule has 0 bridgehead atoms. The number of thiazole rings is 1. The topological polar surface area (TPSA) is 108 Å². The van der Waals surface area contributed by atoms with E-state index in [9.17, 15) is 23.8 Å². The summed E-state index contributed by atoms with van der Waals surface area (Å²) >= 11 is 1.33. The summed E-state index contributed by atoms with van der Waals surface area (Å²) in [7, 11) is 0. The number of halogens is 2. The number of anilines is 2. The molecular weight excluding hydrogens is 474 g/mol. The summed E-state index contributed by atoms with van der Waals surface area (Å²) in [4.78, 5) is 25.5. The molecule has 10 heteroatoms. The van der Waals surface area contributed by atoms with E-state index < -0.39 is 29.3 Å². The zero-order valence-corrected chi connectivity index (χ0v) is 20.5. The van der Waals surface area contributed by atoms with E-state index in [-0.39, 0.29) is 17.3 Å². The van der Waals surface area contributed by atoms with Crippen molar-refractivity contribution >= 4 is 28.9 Å². The molecule has 0 aromatic carbocycles. The van der Waals surface area contributed by atoms with Gasteiger partial charge in [0, 0.05) is 18.0 Å². The lowest BCUT2D eigenvalue weighted by Gasteiger charge is -2.44. The van der Waals surface area contributed by atoms with Gasteiger partial charge in [-0.15, -0.1) is 11.3 Å². The highest BCUT2D eigenvalue weighted by Gasteiger charge is 2.47. The first kappa shape index (κ1) is 25.1. The predicted molar refractivity (Wildman–Crippen MR) is 130 cm³/mol. The average molecular weight is 503 g/mol. The lowest BCUT2D eigenvalue weighted by Crippen LogP contribution is -2.43. The van der Waals surface area contributed by atoms with Crippen LogP contribution in [0.2, 0.25) is 0 Å². The van der Waals surface area contributed by atoms with E-state index in [1.807, 2.05) is 13.8 Å². The molecule has 186 valence electrons. The first-order valence-electron chi connectivity index (χ1n) is 11.4. The quantitative estimate of drug-likeness (QED) is 0.363. The maximum atomic E-state index is 13.0. The number of nitrogens with one attached hydrogen (secondary N) is 1. The highest BCUT2D eigenvalue weighted by atomic mass is 32.1. The summed E-state index contributed by atoms with van der Waals surface area (Å²) in [5.74, 6) is -0.643. The van der Waals surface area contributed by atoms with Gasteiger partial charge in [0.2, 0.25) is 0 Å². The van der Waals surface area contributed by atoms with E-state index in [1.54, 1.807) is 31.3 Å². The van der Waals surface area contributed by atoms with Crippen molar-refractivity contribution < 1.29 is 23.8 Å². The lowest BCUT2D eigenvalue weighted by atomic mass is 9.62. The second-order valence-corrected chi connectivity index (χ2v) is 10.9. The van der Waals surface area contributed by atoms with Gasteiger partial charge < -0.3 is 15.5 Å². The molecule has 0 amide bonds. The minimum absolute atomic E-state index is 0.124. The third kappa shape index (κ3) is 5.33. The monoisotopic (exact) mass is 502 g/mol. The normalized spacial score (nSPS) is 21.5. The Morgan fingerprint density at radius 2 is 2.00 bits per heavy atom. The molecule has 7 nitrogen and oxygen atoms in total. The van der Waals surface area contributed by atoms with Crippen molar-refractivity contribution in [1.29, 1.82) is 0 Å². The first-order chi connectivity index (χ1) is 16.5. The van der Waals surface area contributed by atoms with E-state index in [4.69, 9.17) is 0 Å². The summed E-state index contributed by atoms with van der Waals surface area (Å²) in [5, 5.41) is 24.5. The maximum absolute atomic E-state index is 13.0. The summed E-state index contributed by atoms with van der Waals surface area (Å²) in [6.45, 7) is 5.62. The molecule has 0 aliphatic heterocycles. The Morgan fingerprint density at radius 1 is 1.23 bits per heavy atom. The summed E-state index contributed by atoms with van der Waals surface area (Å²) in [5.41, 5.74) is -1.15. The third-order valence-corrected chi connectivity index (χ3v) is 8.09. The highest BCUT2D eigenvalue weighted by molar-refractivity contribution is 7.15. The van der Waals surface area contributed by atoms with Crippen molar-refractivity contribution in [3.05, 3.63) is 53.3 Å². The number of aliphatic carboxylic acids is 1. The van der Waals surface area contributed by atoms with Crippen LogP contribution in [0.5, 0.6) is 0 Å². The molecule has 0 spiro atoms. The van der Waals surface area contributed by atoms with E-state index in [2.05, 4.69) is 20.3 Å². The van der Waals surface area contributed by atoms with Crippen LogP contribution in [-0.2, 0) is 10.4 Å². The fourth-order valence-electron chi connectivity index (χ4n) is 4.80. The molecule has 1 unspecified atom stereocenters. The number of carboxylic acids is 1. The molecular formula is C25H28F2N4O3S. The Balaban J connectivity index is 1.53. The molecule has 1 saturated carbocycles. The van der Waals surface area contributed by atoms with Gasteiger partial charge in [-0.2, -0.15) is 0 Å². The van der Waals surface area contributed by atoms with Gasteiger partial charge in [0.25, 0.3) is 6.43 Å². The highest BCUT2D eigenvalue weighted by Crippen LogP contribution is 2.50. The number of pyridine rings is 2. The van der Waals surface area contributed by atoms with Crippen molar-refractivity contribution in [2.45, 2.75) is 52.1 Å². The molecule has 0 saturated heterocycles. The Bertz CT molecular complexity index is 1210. The van der Waals surface area contributed by atoms with Gasteiger partial charge >= 0.3 is 5.97 Å². The molecule has 1 fully saturated rings. The second kappa shape index (κ2) is 9.58. The number of carbonyl (C=O) groups is 1. The second-order valence-electron chi connectivity index (χ2n) is 9.84. The molecule has 3 N–H and O–H groups in total. The Morgan fingerprint density at radius 3 is 2.69 bits per heavy atom. The smallest absolute Gasteiger partial charge is 0.307 e. The standard InChI is InChI=1S/C25H28F2N4O3S/c1-24(2)12-15(7-8-16(24)22(32)33)25(3,34)23-29-13-18(35-23)17-5-4-6-19(30-17)31-20-11-14(21(26)27)9-10-28-20/h4-6,9-11,13,15-16,21,34H,7-8,12H2,1-3H3,(H,32,33)(H,28,30,31)/t15-,16+,25?/m0/s1. The van der Waals surface area contributed by atoms with Crippen molar-refractivity contribution in [2.24, 2.45) is 17.3 Å². The zero-order chi connectivity index (χ0) is 25.4. The Hall–Kier alpha value is -2.98. The third-order valence-electron chi connectivity index (χ3n) is 6.84. The number of hydrogen-bond donors (Lipinski definition) is 3. The van der Waals surface area contributed by atoms with Crippen LogP contribution in [0.25, 0.3) is 10.6 Å². The number of carboxylic acid groups (broad SMARTS) is 1. The molecule has 0 radical (unpaired) electrons. The summed E-state index contributed by atoms with van der Waals surface area (Å²) in [6, 6.07) is 7.85. The molecule has 3 atom stereocenters. The number of nitrogens with zero attached hydrogens (tertiary/aromatic N) is 3. The minimum atomic E-state index is -2.59. The average Bonchev–Trinajstić information content (AvgIpc) is 3.30.